The highest BCUT2D eigenvalue weighted by atomic mass is 35.5. The molecule has 0 aliphatic rings. The van der Waals surface area contributed by atoms with Crippen molar-refractivity contribution in [3.05, 3.63) is 65.7 Å². The number of carbonyl (C=O) groups is 1. The number of benzene rings is 1. The van der Waals surface area contributed by atoms with Crippen molar-refractivity contribution in [3.8, 4) is 0 Å². The highest BCUT2D eigenvalue weighted by Gasteiger charge is 2.08. The highest BCUT2D eigenvalue weighted by molar-refractivity contribution is 6.31. The molecule has 26 heavy (non-hydrogen) atoms. The number of halogens is 1. The number of hydrogen-bond acceptors (Lipinski definition) is 3. The van der Waals surface area contributed by atoms with Crippen LogP contribution in [0, 0.1) is 0 Å². The Morgan fingerprint density at radius 2 is 2.04 bits per heavy atom. The lowest BCUT2D eigenvalue weighted by molar-refractivity contribution is -0.121. The molecule has 0 radical (unpaired) electrons. The SMILES string of the molecule is O=C(Cn1ccc2ccc(Cl)cc21)NCCCc1nnc2ccccn12. The number of fused-ring (bicyclic) bond motifs is 2. The Hall–Kier alpha value is -2.86. The zero-order chi connectivity index (χ0) is 17.9. The van der Waals surface area contributed by atoms with Crippen LogP contribution in [0.3, 0.4) is 0 Å². The first-order chi connectivity index (χ1) is 12.7. The van der Waals surface area contributed by atoms with Gasteiger partial charge in [0, 0.05) is 35.9 Å². The Labute approximate surface area is 155 Å². The van der Waals surface area contributed by atoms with Crippen LogP contribution in [0.25, 0.3) is 16.6 Å². The van der Waals surface area contributed by atoms with E-state index in [0.717, 1.165) is 35.2 Å². The lowest BCUT2D eigenvalue weighted by Gasteiger charge is -2.07. The fraction of sp³-hybridized carbons (Fsp3) is 0.211. The average molecular weight is 368 g/mol. The number of amides is 1. The fourth-order valence-corrected chi connectivity index (χ4v) is 3.21. The molecular weight excluding hydrogens is 350 g/mol. The standard InChI is InChI=1S/C19H18ClN5O/c20-15-7-6-14-8-11-24(16(14)12-15)13-19(26)21-9-3-5-18-23-22-17-4-1-2-10-25(17)18/h1-2,4,6-8,10-12H,3,5,9,13H2,(H,21,26). The van der Waals surface area contributed by atoms with Gasteiger partial charge in [-0.3, -0.25) is 9.20 Å². The van der Waals surface area contributed by atoms with Crippen molar-refractivity contribution < 1.29 is 4.79 Å². The lowest BCUT2D eigenvalue weighted by Crippen LogP contribution is -2.28. The van der Waals surface area contributed by atoms with Crippen LogP contribution in [0.4, 0.5) is 0 Å². The molecule has 0 atom stereocenters. The van der Waals surface area contributed by atoms with Crippen LogP contribution < -0.4 is 5.32 Å². The van der Waals surface area contributed by atoms with E-state index in [1.807, 2.05) is 63.8 Å². The van der Waals surface area contributed by atoms with Gasteiger partial charge in [-0.05, 0) is 42.1 Å². The Balaban J connectivity index is 1.30. The van der Waals surface area contributed by atoms with E-state index in [1.165, 1.54) is 0 Å². The van der Waals surface area contributed by atoms with Gasteiger partial charge in [0.15, 0.2) is 5.65 Å². The number of hydrogen-bond donors (Lipinski definition) is 1. The summed E-state index contributed by atoms with van der Waals surface area (Å²) >= 11 is 6.05. The van der Waals surface area contributed by atoms with Gasteiger partial charge in [-0.1, -0.05) is 23.7 Å². The van der Waals surface area contributed by atoms with E-state index in [0.29, 0.717) is 11.6 Å². The van der Waals surface area contributed by atoms with Crippen molar-refractivity contribution >= 4 is 34.1 Å². The van der Waals surface area contributed by atoms with Gasteiger partial charge in [0.05, 0.1) is 0 Å². The molecular formula is C19H18ClN5O. The van der Waals surface area contributed by atoms with Crippen LogP contribution in [0.1, 0.15) is 12.2 Å². The van der Waals surface area contributed by atoms with Crippen LogP contribution in [0.15, 0.2) is 54.9 Å². The molecule has 0 unspecified atom stereocenters. The number of carbonyl (C=O) groups excluding carboxylic acids is 1. The van der Waals surface area contributed by atoms with E-state index < -0.39 is 0 Å². The number of aryl methyl sites for hydroxylation is 1. The first kappa shape index (κ1) is 16.6. The summed E-state index contributed by atoms with van der Waals surface area (Å²) in [6.07, 6.45) is 5.42. The molecule has 1 amide bonds. The van der Waals surface area contributed by atoms with Gasteiger partial charge in [-0.2, -0.15) is 0 Å². The van der Waals surface area contributed by atoms with Crippen LogP contribution in [-0.2, 0) is 17.8 Å². The first-order valence-corrected chi connectivity index (χ1v) is 8.88. The second kappa shape index (κ2) is 7.17. The predicted molar refractivity (Wildman–Crippen MR) is 101 cm³/mol. The second-order valence-corrected chi connectivity index (χ2v) is 6.58. The van der Waals surface area contributed by atoms with Crippen molar-refractivity contribution in [1.82, 2.24) is 24.5 Å². The number of nitrogens with one attached hydrogen (secondary N) is 1. The molecule has 4 rings (SSSR count). The van der Waals surface area contributed by atoms with Crippen molar-refractivity contribution in [2.45, 2.75) is 19.4 Å². The minimum atomic E-state index is -0.0198. The van der Waals surface area contributed by atoms with Crippen molar-refractivity contribution in [2.24, 2.45) is 0 Å². The smallest absolute Gasteiger partial charge is 0.239 e. The van der Waals surface area contributed by atoms with Crippen LogP contribution in [0.5, 0.6) is 0 Å². The van der Waals surface area contributed by atoms with Crippen molar-refractivity contribution in [3.63, 3.8) is 0 Å². The van der Waals surface area contributed by atoms with E-state index in [9.17, 15) is 4.79 Å². The summed E-state index contributed by atoms with van der Waals surface area (Å²) in [6.45, 7) is 0.873. The third kappa shape index (κ3) is 3.41. The Kier molecular flexibility index (Phi) is 4.58. The summed E-state index contributed by atoms with van der Waals surface area (Å²) in [5.74, 6) is 0.884. The van der Waals surface area contributed by atoms with E-state index in [2.05, 4.69) is 15.5 Å². The molecule has 0 bridgehead atoms. The first-order valence-electron chi connectivity index (χ1n) is 8.50. The van der Waals surface area contributed by atoms with Crippen LogP contribution >= 0.6 is 11.6 Å². The maximum absolute atomic E-state index is 12.2. The van der Waals surface area contributed by atoms with Gasteiger partial charge in [0.2, 0.25) is 5.91 Å². The van der Waals surface area contributed by atoms with Crippen molar-refractivity contribution in [1.29, 1.82) is 0 Å². The molecule has 7 heteroatoms. The monoisotopic (exact) mass is 367 g/mol. The van der Waals surface area contributed by atoms with Crippen LogP contribution in [0.2, 0.25) is 5.02 Å². The maximum Gasteiger partial charge on any atom is 0.239 e. The van der Waals surface area contributed by atoms with Crippen molar-refractivity contribution in [2.75, 3.05) is 6.54 Å². The van der Waals surface area contributed by atoms with Gasteiger partial charge in [-0.25, -0.2) is 0 Å². The second-order valence-electron chi connectivity index (χ2n) is 6.15. The Morgan fingerprint density at radius 1 is 1.12 bits per heavy atom. The normalized spacial score (nSPS) is 11.3. The largest absolute Gasteiger partial charge is 0.355 e. The third-order valence-electron chi connectivity index (χ3n) is 4.33. The number of nitrogens with zero attached hydrogens (tertiary/aromatic N) is 4. The van der Waals surface area contributed by atoms with E-state index in [1.54, 1.807) is 0 Å². The molecule has 0 saturated heterocycles. The Bertz CT molecular complexity index is 1070. The molecule has 3 aromatic heterocycles. The molecule has 132 valence electrons. The fourth-order valence-electron chi connectivity index (χ4n) is 3.04. The van der Waals surface area contributed by atoms with Gasteiger partial charge in [-0.15, -0.1) is 10.2 Å². The highest BCUT2D eigenvalue weighted by Crippen LogP contribution is 2.20. The molecule has 0 spiro atoms. The molecule has 3 heterocycles. The summed E-state index contributed by atoms with van der Waals surface area (Å²) < 4.78 is 3.88. The topological polar surface area (TPSA) is 64.2 Å². The molecule has 1 aromatic carbocycles. The molecule has 0 aliphatic carbocycles. The molecule has 0 aliphatic heterocycles. The zero-order valence-corrected chi connectivity index (χ0v) is 14.9. The van der Waals surface area contributed by atoms with Gasteiger partial charge in [0.25, 0.3) is 0 Å². The number of rotatable bonds is 6. The molecule has 6 nitrogen and oxygen atoms in total. The number of aromatic nitrogens is 4. The van der Waals surface area contributed by atoms with E-state index in [-0.39, 0.29) is 12.5 Å². The molecule has 0 fully saturated rings. The number of pyridine rings is 1. The summed E-state index contributed by atoms with van der Waals surface area (Å²) in [5.41, 5.74) is 1.80. The summed E-state index contributed by atoms with van der Waals surface area (Å²) in [5, 5.41) is 13.0. The van der Waals surface area contributed by atoms with Crippen LogP contribution in [-0.4, -0.2) is 31.6 Å². The van der Waals surface area contributed by atoms with E-state index in [4.69, 9.17) is 11.6 Å². The average Bonchev–Trinajstić information content (AvgIpc) is 3.23. The Morgan fingerprint density at radius 3 is 2.96 bits per heavy atom. The summed E-state index contributed by atoms with van der Waals surface area (Å²) in [6, 6.07) is 13.5. The minimum absolute atomic E-state index is 0.0198. The summed E-state index contributed by atoms with van der Waals surface area (Å²) in [4.78, 5) is 12.2. The molecule has 0 saturated carbocycles. The summed E-state index contributed by atoms with van der Waals surface area (Å²) in [7, 11) is 0. The minimum Gasteiger partial charge on any atom is -0.355 e. The lowest BCUT2D eigenvalue weighted by atomic mass is 10.2. The van der Waals surface area contributed by atoms with E-state index >= 15 is 0 Å². The molecule has 4 aromatic rings. The van der Waals surface area contributed by atoms with Gasteiger partial charge in [0.1, 0.15) is 12.4 Å². The maximum atomic E-state index is 12.2. The van der Waals surface area contributed by atoms with Gasteiger partial charge >= 0.3 is 0 Å². The van der Waals surface area contributed by atoms with Gasteiger partial charge < -0.3 is 9.88 Å². The molecule has 1 N–H and O–H groups in total. The predicted octanol–water partition coefficient (Wildman–Crippen LogP) is 3.09. The third-order valence-corrected chi connectivity index (χ3v) is 4.57. The quantitative estimate of drug-likeness (QED) is 0.533. The zero-order valence-electron chi connectivity index (χ0n) is 14.1.